The molecule has 2 aliphatic rings. The van der Waals surface area contributed by atoms with Gasteiger partial charge < -0.3 is 5.32 Å². The molecule has 37 heavy (non-hydrogen) atoms. The molecule has 2 atom stereocenters. The molecule has 5 heteroatoms. The maximum atomic E-state index is 14.0. The van der Waals surface area contributed by atoms with Crippen LogP contribution in [0.1, 0.15) is 74.1 Å². The zero-order chi connectivity index (χ0) is 25.9. The Labute approximate surface area is 224 Å². The number of hydrogen-bond acceptors (Lipinski definition) is 3. The summed E-state index contributed by atoms with van der Waals surface area (Å²) < 4.78 is 0. The first kappa shape index (κ1) is 25.3. The Hall–Kier alpha value is -3.37. The van der Waals surface area contributed by atoms with Gasteiger partial charge in [-0.3, -0.25) is 14.5 Å². The van der Waals surface area contributed by atoms with Crippen molar-refractivity contribution >= 4 is 34.7 Å². The number of benzene rings is 3. The number of hydrogen-bond donors (Lipinski definition) is 1. The van der Waals surface area contributed by atoms with Crippen LogP contribution in [0.5, 0.6) is 0 Å². The highest BCUT2D eigenvalue weighted by Gasteiger charge is 2.42. The van der Waals surface area contributed by atoms with Crippen molar-refractivity contribution < 1.29 is 9.59 Å². The molecule has 1 aliphatic heterocycles. The highest BCUT2D eigenvalue weighted by molar-refractivity contribution is 6.31. The van der Waals surface area contributed by atoms with Crippen LogP contribution in [0.4, 0.5) is 11.4 Å². The van der Waals surface area contributed by atoms with Gasteiger partial charge in [0.05, 0.1) is 17.4 Å². The van der Waals surface area contributed by atoms with Gasteiger partial charge in [0, 0.05) is 29.1 Å². The lowest BCUT2D eigenvalue weighted by molar-refractivity contribution is -0.119. The van der Waals surface area contributed by atoms with Crippen LogP contribution < -0.4 is 10.2 Å². The van der Waals surface area contributed by atoms with E-state index in [1.807, 2.05) is 53.4 Å². The zero-order valence-corrected chi connectivity index (χ0v) is 22.2. The van der Waals surface area contributed by atoms with Gasteiger partial charge in [0.1, 0.15) is 0 Å². The van der Waals surface area contributed by atoms with Gasteiger partial charge in [-0.05, 0) is 55.0 Å². The number of nitrogens with zero attached hydrogens (tertiary/aromatic N) is 1. The van der Waals surface area contributed by atoms with Crippen molar-refractivity contribution in [3.63, 3.8) is 0 Å². The maximum Gasteiger partial charge on any atom is 0.227 e. The van der Waals surface area contributed by atoms with E-state index >= 15 is 0 Å². The van der Waals surface area contributed by atoms with Gasteiger partial charge in [0.15, 0.2) is 5.78 Å². The summed E-state index contributed by atoms with van der Waals surface area (Å²) in [6.07, 6.45) is 4.35. The predicted molar refractivity (Wildman–Crippen MR) is 151 cm³/mol. The maximum absolute atomic E-state index is 14.0. The number of unbranched alkanes of at least 4 members (excludes halogenated alkanes) is 2. The van der Waals surface area contributed by atoms with Crippen molar-refractivity contribution in [3.8, 4) is 0 Å². The number of para-hydroxylation sites is 2. The van der Waals surface area contributed by atoms with Gasteiger partial charge in [0.2, 0.25) is 5.91 Å². The largest absolute Gasteiger partial charge is 0.357 e. The molecule has 3 aromatic rings. The van der Waals surface area contributed by atoms with E-state index in [9.17, 15) is 9.59 Å². The van der Waals surface area contributed by atoms with Crippen molar-refractivity contribution in [1.29, 1.82) is 0 Å². The molecule has 0 spiro atoms. The third-order valence-electron chi connectivity index (χ3n) is 7.50. The molecule has 0 fully saturated rings. The molecular weight excluding hydrogens is 480 g/mol. The molecule has 1 aliphatic carbocycles. The van der Waals surface area contributed by atoms with Crippen molar-refractivity contribution in [2.45, 2.75) is 64.3 Å². The topological polar surface area (TPSA) is 49.4 Å². The molecule has 0 unspecified atom stereocenters. The Morgan fingerprint density at radius 2 is 1.70 bits per heavy atom. The van der Waals surface area contributed by atoms with Gasteiger partial charge >= 0.3 is 0 Å². The van der Waals surface area contributed by atoms with Gasteiger partial charge in [-0.1, -0.05) is 91.5 Å². The summed E-state index contributed by atoms with van der Waals surface area (Å²) in [7, 11) is 0. The minimum atomic E-state index is -0.583. The van der Waals surface area contributed by atoms with E-state index in [0.717, 1.165) is 47.5 Å². The second-order valence-electron chi connectivity index (χ2n) is 10.1. The van der Waals surface area contributed by atoms with E-state index in [1.54, 1.807) is 0 Å². The third kappa shape index (κ3) is 5.08. The normalized spacial score (nSPS) is 19.1. The lowest BCUT2D eigenvalue weighted by Crippen LogP contribution is -2.38. The van der Waals surface area contributed by atoms with Crippen LogP contribution in [0.15, 0.2) is 84.1 Å². The summed E-state index contributed by atoms with van der Waals surface area (Å²) in [5.74, 6) is 0.142. The molecule has 0 bridgehead atoms. The van der Waals surface area contributed by atoms with Crippen molar-refractivity contribution in [3.05, 3.63) is 106 Å². The van der Waals surface area contributed by atoms with Gasteiger partial charge in [-0.2, -0.15) is 0 Å². The van der Waals surface area contributed by atoms with Gasteiger partial charge in [0.25, 0.3) is 0 Å². The van der Waals surface area contributed by atoms with Crippen LogP contribution >= 0.6 is 11.6 Å². The molecule has 1 heterocycles. The number of Topliss-reactive ketones (excluding diaryl/α,β-unsaturated/α-hetero) is 1. The summed E-state index contributed by atoms with van der Waals surface area (Å²) >= 11 is 6.76. The molecule has 1 N–H and O–H groups in total. The van der Waals surface area contributed by atoms with Gasteiger partial charge in [-0.25, -0.2) is 0 Å². The first-order valence-corrected chi connectivity index (χ1v) is 13.6. The third-order valence-corrected chi connectivity index (χ3v) is 7.84. The van der Waals surface area contributed by atoms with E-state index in [4.69, 9.17) is 11.6 Å². The smallest absolute Gasteiger partial charge is 0.227 e. The fourth-order valence-electron chi connectivity index (χ4n) is 5.58. The highest BCUT2D eigenvalue weighted by atomic mass is 35.5. The first-order valence-electron chi connectivity index (χ1n) is 13.2. The monoisotopic (exact) mass is 512 g/mol. The quantitative estimate of drug-likeness (QED) is 0.339. The molecule has 190 valence electrons. The van der Waals surface area contributed by atoms with E-state index in [2.05, 4.69) is 43.4 Å². The van der Waals surface area contributed by atoms with Crippen LogP contribution in [0.25, 0.3) is 0 Å². The lowest BCUT2D eigenvalue weighted by Gasteiger charge is -2.35. The number of carbonyl (C=O) groups excluding carboxylic acids is 2. The summed E-state index contributed by atoms with van der Waals surface area (Å²) in [5, 5.41) is 4.15. The summed E-state index contributed by atoms with van der Waals surface area (Å²) in [5.41, 5.74) is 6.28. The lowest BCUT2D eigenvalue weighted by atomic mass is 9.78. The number of carbonyl (C=O) groups is 2. The average Bonchev–Trinajstić information content (AvgIpc) is 3.04. The summed E-state index contributed by atoms with van der Waals surface area (Å²) in [6.45, 7) is 4.20. The Bertz CT molecular complexity index is 1340. The second-order valence-corrected chi connectivity index (χ2v) is 10.5. The summed E-state index contributed by atoms with van der Waals surface area (Å²) in [4.78, 5) is 29.8. The molecule has 0 radical (unpaired) electrons. The SMILES string of the molecule is CCCCCC(=O)N1c2ccccc2NC2=C(C(=O)C[C@@H](c3ccc(C)cc3)C2)[C@H]1c1ccccc1Cl. The number of rotatable bonds is 6. The number of anilines is 2. The number of nitrogens with one attached hydrogen (secondary N) is 1. The fraction of sp³-hybridized carbons (Fsp3) is 0.312. The van der Waals surface area contributed by atoms with E-state index < -0.39 is 6.04 Å². The van der Waals surface area contributed by atoms with Crippen LogP contribution in [0.2, 0.25) is 5.02 Å². The molecule has 0 saturated carbocycles. The molecule has 0 aromatic heterocycles. The number of halogens is 1. The average molecular weight is 513 g/mol. The molecule has 3 aromatic carbocycles. The minimum Gasteiger partial charge on any atom is -0.357 e. The Kier molecular flexibility index (Phi) is 7.48. The van der Waals surface area contributed by atoms with E-state index in [0.29, 0.717) is 29.9 Å². The molecule has 4 nitrogen and oxygen atoms in total. The number of fused-ring (bicyclic) bond motifs is 1. The van der Waals surface area contributed by atoms with Crippen LogP contribution in [-0.4, -0.2) is 11.7 Å². The van der Waals surface area contributed by atoms with E-state index in [1.165, 1.54) is 5.56 Å². The molecule has 5 rings (SSSR count). The Morgan fingerprint density at radius 1 is 0.973 bits per heavy atom. The molecule has 1 amide bonds. The van der Waals surface area contributed by atoms with Crippen molar-refractivity contribution in [2.75, 3.05) is 10.2 Å². The number of allylic oxidation sites excluding steroid dienone is 1. The number of ketones is 1. The number of aryl methyl sites for hydroxylation is 1. The minimum absolute atomic E-state index is 0.00910. The van der Waals surface area contributed by atoms with E-state index in [-0.39, 0.29) is 17.6 Å². The summed E-state index contributed by atoms with van der Waals surface area (Å²) in [6, 6.07) is 23.3. The molecular formula is C32H33ClN2O2. The molecule has 0 saturated heterocycles. The Balaban J connectivity index is 1.67. The van der Waals surface area contributed by atoms with Crippen LogP contribution in [0, 0.1) is 6.92 Å². The van der Waals surface area contributed by atoms with Crippen molar-refractivity contribution in [2.24, 2.45) is 0 Å². The Morgan fingerprint density at radius 3 is 2.46 bits per heavy atom. The highest BCUT2D eigenvalue weighted by Crippen LogP contribution is 2.48. The standard InChI is InChI=1S/C32H33ClN2O2/c1-3-4-5-14-30(37)35-28-13-9-8-12-26(28)34-27-19-23(22-17-15-21(2)16-18-22)20-29(36)31(27)32(35)24-10-6-7-11-25(24)33/h6-13,15-18,23,32,34H,3-5,14,19-20H2,1-2H3/t23-,32+/m0/s1. The second kappa shape index (κ2) is 10.9. The predicted octanol–water partition coefficient (Wildman–Crippen LogP) is 8.13. The zero-order valence-electron chi connectivity index (χ0n) is 21.5. The van der Waals surface area contributed by atoms with Crippen LogP contribution in [-0.2, 0) is 9.59 Å². The fourth-order valence-corrected chi connectivity index (χ4v) is 5.82. The van der Waals surface area contributed by atoms with Crippen molar-refractivity contribution in [1.82, 2.24) is 0 Å². The van der Waals surface area contributed by atoms with Crippen LogP contribution in [0.3, 0.4) is 0 Å². The first-order chi connectivity index (χ1) is 18.0. The van der Waals surface area contributed by atoms with Gasteiger partial charge in [-0.15, -0.1) is 0 Å². The number of amides is 1.